The van der Waals surface area contributed by atoms with Gasteiger partial charge in [-0.05, 0) is 31.2 Å². The first-order valence-electron chi connectivity index (χ1n) is 7.71. The van der Waals surface area contributed by atoms with Gasteiger partial charge in [0.05, 0.1) is 6.10 Å². The molecule has 1 saturated carbocycles. The molecule has 0 saturated heterocycles. The molecule has 0 spiro atoms. The summed E-state index contributed by atoms with van der Waals surface area (Å²) in [7, 11) is 0. The largest absolute Gasteiger partial charge is 0.479 e. The standard InChI is InChI=1S/C17H23NO4/c1-17(16(21)22,13-8-3-2-4-9-13)18-15(20)11-12-7-5-6-10-14(12)19/h2-4,8-9,12,14,19H,5-7,10-11H2,1H3,(H,18,20)(H,21,22)/t12-,14+,17?/m0/s1. The Hall–Kier alpha value is -1.88. The number of carboxylic acids is 1. The van der Waals surface area contributed by atoms with Gasteiger partial charge in [0.2, 0.25) is 5.91 Å². The van der Waals surface area contributed by atoms with E-state index in [2.05, 4.69) is 5.32 Å². The van der Waals surface area contributed by atoms with Gasteiger partial charge in [0.25, 0.3) is 0 Å². The number of aliphatic hydroxyl groups excluding tert-OH is 1. The van der Waals surface area contributed by atoms with E-state index < -0.39 is 17.6 Å². The molecule has 5 heteroatoms. The van der Waals surface area contributed by atoms with E-state index >= 15 is 0 Å². The summed E-state index contributed by atoms with van der Waals surface area (Å²) in [4.78, 5) is 23.9. The second kappa shape index (κ2) is 6.92. The fourth-order valence-corrected chi connectivity index (χ4v) is 3.01. The third-order valence-electron chi connectivity index (χ3n) is 4.48. The minimum atomic E-state index is -1.46. The number of rotatable bonds is 5. The molecule has 0 heterocycles. The number of carbonyl (C=O) groups excluding carboxylic acids is 1. The maximum absolute atomic E-state index is 12.3. The number of benzene rings is 1. The second-order valence-electron chi connectivity index (χ2n) is 6.16. The van der Waals surface area contributed by atoms with Crippen molar-refractivity contribution >= 4 is 11.9 Å². The average Bonchev–Trinajstić information content (AvgIpc) is 2.50. The van der Waals surface area contributed by atoms with Gasteiger partial charge in [0, 0.05) is 6.42 Å². The third-order valence-corrected chi connectivity index (χ3v) is 4.48. The highest BCUT2D eigenvalue weighted by Crippen LogP contribution is 2.28. The molecule has 1 amide bonds. The summed E-state index contributed by atoms with van der Waals surface area (Å²) in [5.74, 6) is -1.52. The molecule has 3 N–H and O–H groups in total. The first kappa shape index (κ1) is 16.5. The second-order valence-corrected chi connectivity index (χ2v) is 6.16. The highest BCUT2D eigenvalue weighted by molar-refractivity contribution is 5.87. The predicted molar refractivity (Wildman–Crippen MR) is 82.2 cm³/mol. The number of amides is 1. The Bertz CT molecular complexity index is 531. The molecule has 3 atom stereocenters. The molecule has 22 heavy (non-hydrogen) atoms. The van der Waals surface area contributed by atoms with Crippen molar-refractivity contribution in [2.45, 2.75) is 50.7 Å². The van der Waals surface area contributed by atoms with Crippen LogP contribution in [0.4, 0.5) is 0 Å². The lowest BCUT2D eigenvalue weighted by Gasteiger charge is -2.30. The van der Waals surface area contributed by atoms with Crippen LogP contribution in [0.15, 0.2) is 30.3 Å². The zero-order valence-corrected chi connectivity index (χ0v) is 12.8. The Morgan fingerprint density at radius 2 is 1.86 bits per heavy atom. The zero-order valence-electron chi connectivity index (χ0n) is 12.8. The van der Waals surface area contributed by atoms with Crippen LogP contribution in [0.2, 0.25) is 0 Å². The van der Waals surface area contributed by atoms with Crippen LogP contribution in [0, 0.1) is 5.92 Å². The summed E-state index contributed by atoms with van der Waals surface area (Å²) in [6, 6.07) is 8.65. The first-order valence-corrected chi connectivity index (χ1v) is 7.71. The van der Waals surface area contributed by atoms with Gasteiger partial charge in [-0.15, -0.1) is 0 Å². The number of aliphatic hydroxyl groups is 1. The molecule has 5 nitrogen and oxygen atoms in total. The number of hydrogen-bond donors (Lipinski definition) is 3. The van der Waals surface area contributed by atoms with Crippen molar-refractivity contribution in [3.63, 3.8) is 0 Å². The van der Waals surface area contributed by atoms with E-state index in [-0.39, 0.29) is 18.2 Å². The van der Waals surface area contributed by atoms with Gasteiger partial charge in [-0.2, -0.15) is 0 Å². The SMILES string of the molecule is CC(NC(=O)C[C@@H]1CCCC[C@H]1O)(C(=O)O)c1ccccc1. The van der Waals surface area contributed by atoms with Crippen molar-refractivity contribution in [2.75, 3.05) is 0 Å². The number of nitrogens with one attached hydrogen (secondary N) is 1. The summed E-state index contributed by atoms with van der Waals surface area (Å²) < 4.78 is 0. The highest BCUT2D eigenvalue weighted by Gasteiger charge is 2.37. The van der Waals surface area contributed by atoms with E-state index in [9.17, 15) is 19.8 Å². The molecule has 0 aromatic heterocycles. The lowest BCUT2D eigenvalue weighted by molar-refractivity contribution is -0.147. The van der Waals surface area contributed by atoms with Gasteiger partial charge in [-0.1, -0.05) is 43.2 Å². The van der Waals surface area contributed by atoms with Crippen LogP contribution in [0.1, 0.15) is 44.6 Å². The smallest absolute Gasteiger partial charge is 0.333 e. The van der Waals surface area contributed by atoms with E-state index in [4.69, 9.17) is 0 Å². The molecular weight excluding hydrogens is 282 g/mol. The van der Waals surface area contributed by atoms with Gasteiger partial charge in [0.15, 0.2) is 5.54 Å². The van der Waals surface area contributed by atoms with E-state index in [1.54, 1.807) is 30.3 Å². The molecule has 1 unspecified atom stereocenters. The van der Waals surface area contributed by atoms with Crippen LogP contribution >= 0.6 is 0 Å². The number of hydrogen-bond acceptors (Lipinski definition) is 3. The summed E-state index contributed by atoms with van der Waals surface area (Å²) in [5.41, 5.74) is -0.933. The first-order chi connectivity index (χ1) is 10.4. The predicted octanol–water partition coefficient (Wildman–Crippen LogP) is 2.04. The highest BCUT2D eigenvalue weighted by atomic mass is 16.4. The molecular formula is C17H23NO4. The van der Waals surface area contributed by atoms with Crippen molar-refractivity contribution in [3.8, 4) is 0 Å². The minimum Gasteiger partial charge on any atom is -0.479 e. The fraction of sp³-hybridized carbons (Fsp3) is 0.529. The lowest BCUT2D eigenvalue weighted by atomic mass is 9.83. The van der Waals surface area contributed by atoms with E-state index in [1.165, 1.54) is 6.92 Å². The maximum Gasteiger partial charge on any atom is 0.333 e. The van der Waals surface area contributed by atoms with Crippen LogP contribution in [0.25, 0.3) is 0 Å². The summed E-state index contributed by atoms with van der Waals surface area (Å²) >= 11 is 0. The third kappa shape index (κ3) is 3.65. The molecule has 1 aromatic carbocycles. The van der Waals surface area contributed by atoms with Crippen molar-refractivity contribution in [3.05, 3.63) is 35.9 Å². The monoisotopic (exact) mass is 305 g/mol. The molecule has 120 valence electrons. The van der Waals surface area contributed by atoms with E-state index in [0.717, 1.165) is 19.3 Å². The van der Waals surface area contributed by atoms with Crippen LogP contribution in [0.5, 0.6) is 0 Å². The fourth-order valence-electron chi connectivity index (χ4n) is 3.01. The van der Waals surface area contributed by atoms with Crippen molar-refractivity contribution in [2.24, 2.45) is 5.92 Å². The van der Waals surface area contributed by atoms with Crippen LogP contribution in [-0.2, 0) is 15.1 Å². The molecule has 1 aliphatic rings. The lowest BCUT2D eigenvalue weighted by Crippen LogP contribution is -2.50. The molecule has 1 aliphatic carbocycles. The van der Waals surface area contributed by atoms with Crippen molar-refractivity contribution in [1.82, 2.24) is 5.32 Å². The summed E-state index contributed by atoms with van der Waals surface area (Å²) in [6.45, 7) is 1.49. The molecule has 0 radical (unpaired) electrons. The number of carboxylic acid groups (broad SMARTS) is 1. The molecule has 0 aliphatic heterocycles. The maximum atomic E-state index is 12.3. The van der Waals surface area contributed by atoms with Crippen LogP contribution in [0.3, 0.4) is 0 Å². The minimum absolute atomic E-state index is 0.0810. The van der Waals surface area contributed by atoms with Gasteiger partial charge >= 0.3 is 5.97 Å². The summed E-state index contributed by atoms with van der Waals surface area (Å²) in [5, 5.41) is 22.1. The molecule has 1 fully saturated rings. The topological polar surface area (TPSA) is 86.6 Å². The van der Waals surface area contributed by atoms with Crippen LogP contribution in [-0.4, -0.2) is 28.2 Å². The van der Waals surface area contributed by atoms with Crippen molar-refractivity contribution < 1.29 is 19.8 Å². The van der Waals surface area contributed by atoms with Crippen LogP contribution < -0.4 is 5.32 Å². The number of carbonyl (C=O) groups is 2. The Labute approximate surface area is 130 Å². The van der Waals surface area contributed by atoms with E-state index in [1.807, 2.05) is 0 Å². The van der Waals surface area contributed by atoms with Gasteiger partial charge < -0.3 is 15.5 Å². The van der Waals surface area contributed by atoms with E-state index in [0.29, 0.717) is 12.0 Å². The molecule has 2 rings (SSSR count). The quantitative estimate of drug-likeness (QED) is 0.777. The Kier molecular flexibility index (Phi) is 5.19. The van der Waals surface area contributed by atoms with Crippen molar-refractivity contribution in [1.29, 1.82) is 0 Å². The molecule has 0 bridgehead atoms. The van der Waals surface area contributed by atoms with Gasteiger partial charge in [-0.25, -0.2) is 4.79 Å². The Morgan fingerprint density at radius 3 is 2.45 bits per heavy atom. The number of aliphatic carboxylic acids is 1. The zero-order chi connectivity index (χ0) is 16.2. The van der Waals surface area contributed by atoms with Gasteiger partial charge in [-0.3, -0.25) is 4.79 Å². The molecule has 1 aromatic rings. The summed E-state index contributed by atoms with van der Waals surface area (Å²) in [6.07, 6.45) is 3.21. The van der Waals surface area contributed by atoms with Gasteiger partial charge in [0.1, 0.15) is 0 Å². The Morgan fingerprint density at radius 1 is 1.23 bits per heavy atom. The normalized spacial score (nSPS) is 24.3. The average molecular weight is 305 g/mol. The Balaban J connectivity index is 2.08.